The van der Waals surface area contributed by atoms with Crippen LogP contribution in [-0.4, -0.2) is 34.5 Å². The molecule has 2 rings (SSSR count). The van der Waals surface area contributed by atoms with Crippen molar-refractivity contribution in [2.75, 3.05) is 18.6 Å². The van der Waals surface area contributed by atoms with Crippen molar-refractivity contribution in [2.24, 2.45) is 5.10 Å². The van der Waals surface area contributed by atoms with Crippen LogP contribution in [0.15, 0.2) is 32.6 Å². The predicted octanol–water partition coefficient (Wildman–Crippen LogP) is 2.22. The fraction of sp³-hybridized carbons (Fsp3) is 0.312. The number of benzene rings is 1. The Bertz CT molecular complexity index is 789. The summed E-state index contributed by atoms with van der Waals surface area (Å²) in [6, 6.07) is 5.59. The van der Waals surface area contributed by atoms with E-state index in [1.54, 1.807) is 13.1 Å². The van der Waals surface area contributed by atoms with Gasteiger partial charge in [0.15, 0.2) is 0 Å². The number of aromatic nitrogens is 2. The molecule has 0 atom stereocenters. The second-order valence-corrected chi connectivity index (χ2v) is 5.80. The fourth-order valence-corrected chi connectivity index (χ4v) is 2.62. The first kappa shape index (κ1) is 18.2. The first-order valence-corrected chi connectivity index (χ1v) is 8.26. The minimum absolute atomic E-state index is 0.0941. The molecule has 0 spiro atoms. The van der Waals surface area contributed by atoms with E-state index < -0.39 is 0 Å². The van der Waals surface area contributed by atoms with Crippen molar-refractivity contribution in [2.45, 2.75) is 20.3 Å². The lowest BCUT2D eigenvalue weighted by Crippen LogP contribution is -2.19. The summed E-state index contributed by atoms with van der Waals surface area (Å²) in [7, 11) is 0. The highest BCUT2D eigenvalue weighted by Gasteiger charge is 2.07. The van der Waals surface area contributed by atoms with Crippen LogP contribution in [0.1, 0.15) is 23.7 Å². The largest absolute Gasteiger partial charge is 0.493 e. The Morgan fingerprint density at radius 2 is 2.29 bits per heavy atom. The zero-order chi connectivity index (χ0) is 17.5. The van der Waals surface area contributed by atoms with Gasteiger partial charge in [-0.2, -0.15) is 5.10 Å². The lowest BCUT2D eigenvalue weighted by atomic mass is 10.2. The van der Waals surface area contributed by atoms with E-state index in [4.69, 9.17) is 9.84 Å². The number of aryl methyl sites for hydroxylation is 1. The van der Waals surface area contributed by atoms with Crippen LogP contribution in [-0.2, 0) is 6.42 Å². The molecule has 7 nitrogen and oxygen atoms in total. The average Bonchev–Trinajstić information content (AvgIpc) is 2.54. The van der Waals surface area contributed by atoms with Crippen LogP contribution in [0.5, 0.6) is 5.75 Å². The number of halogens is 1. The third-order valence-electron chi connectivity index (χ3n) is 3.22. The van der Waals surface area contributed by atoms with Gasteiger partial charge in [0.05, 0.1) is 23.0 Å². The van der Waals surface area contributed by atoms with E-state index in [0.29, 0.717) is 17.9 Å². The summed E-state index contributed by atoms with van der Waals surface area (Å²) in [5.41, 5.74) is 4.31. The number of nitrogens with zero attached hydrogens (tertiary/aromatic N) is 2. The molecule has 1 heterocycles. The van der Waals surface area contributed by atoms with E-state index >= 15 is 0 Å². The third kappa shape index (κ3) is 4.65. The molecule has 3 N–H and O–H groups in total. The predicted molar refractivity (Wildman–Crippen MR) is 96.9 cm³/mol. The highest BCUT2D eigenvalue weighted by atomic mass is 79.9. The van der Waals surface area contributed by atoms with Gasteiger partial charge in [0.1, 0.15) is 5.75 Å². The minimum Gasteiger partial charge on any atom is -0.493 e. The smallest absolute Gasteiger partial charge is 0.255 e. The highest BCUT2D eigenvalue weighted by molar-refractivity contribution is 9.10. The standard InChI is InChI=1S/C16H19BrN4O3/c1-3-24-14-5-4-11(8-13(14)17)9-18-21-16-19-10(2)12(6-7-22)15(23)20-16/h4-5,8-9,22H,3,6-7H2,1-2H3,(H2,19,20,21,23)/b18-9-. The lowest BCUT2D eigenvalue weighted by molar-refractivity contribution is 0.298. The number of aliphatic hydroxyl groups excluding tert-OH is 1. The second-order valence-electron chi connectivity index (χ2n) is 4.94. The van der Waals surface area contributed by atoms with Gasteiger partial charge in [-0.1, -0.05) is 0 Å². The maximum absolute atomic E-state index is 11.9. The number of hydrogen-bond donors (Lipinski definition) is 3. The first-order chi connectivity index (χ1) is 11.5. The van der Waals surface area contributed by atoms with E-state index in [2.05, 4.69) is 36.4 Å². The van der Waals surface area contributed by atoms with Gasteiger partial charge in [-0.15, -0.1) is 0 Å². The van der Waals surface area contributed by atoms with Crippen LogP contribution in [0.25, 0.3) is 0 Å². The molecule has 1 aromatic carbocycles. The van der Waals surface area contributed by atoms with E-state index in [9.17, 15) is 4.79 Å². The van der Waals surface area contributed by atoms with Gasteiger partial charge < -0.3 is 9.84 Å². The molecule has 128 valence electrons. The molecule has 0 saturated carbocycles. The zero-order valence-corrected chi connectivity index (χ0v) is 15.1. The second kappa shape index (κ2) is 8.60. The Hall–Kier alpha value is -2.19. The fourth-order valence-electron chi connectivity index (χ4n) is 2.11. The topological polar surface area (TPSA) is 99.6 Å². The van der Waals surface area contributed by atoms with Gasteiger partial charge in [0.25, 0.3) is 5.56 Å². The quantitative estimate of drug-likeness (QED) is 0.493. The maximum Gasteiger partial charge on any atom is 0.255 e. The molecular weight excluding hydrogens is 376 g/mol. The summed E-state index contributed by atoms with van der Waals surface area (Å²) in [6.07, 6.45) is 1.88. The van der Waals surface area contributed by atoms with Crippen molar-refractivity contribution in [3.63, 3.8) is 0 Å². The van der Waals surface area contributed by atoms with Crippen LogP contribution >= 0.6 is 15.9 Å². The van der Waals surface area contributed by atoms with Crippen LogP contribution in [0.4, 0.5) is 5.95 Å². The summed E-state index contributed by atoms with van der Waals surface area (Å²) in [5, 5.41) is 13.0. The van der Waals surface area contributed by atoms with Crippen LogP contribution in [0, 0.1) is 6.92 Å². The van der Waals surface area contributed by atoms with Crippen molar-refractivity contribution in [1.82, 2.24) is 9.97 Å². The van der Waals surface area contributed by atoms with Crippen LogP contribution in [0.2, 0.25) is 0 Å². The Kier molecular flexibility index (Phi) is 6.51. The van der Waals surface area contributed by atoms with Crippen LogP contribution in [0.3, 0.4) is 0 Å². The SMILES string of the molecule is CCOc1ccc(/C=N\Nc2nc(C)c(CCO)c(=O)[nH]2)cc1Br. The van der Waals surface area contributed by atoms with Gasteiger partial charge in [0, 0.05) is 18.6 Å². The summed E-state index contributed by atoms with van der Waals surface area (Å²) in [4.78, 5) is 18.7. The van der Waals surface area contributed by atoms with Crippen molar-refractivity contribution < 1.29 is 9.84 Å². The molecule has 0 aliphatic rings. The first-order valence-electron chi connectivity index (χ1n) is 7.47. The molecule has 0 radical (unpaired) electrons. The molecule has 0 bridgehead atoms. The molecule has 0 saturated heterocycles. The van der Waals surface area contributed by atoms with Crippen LogP contribution < -0.4 is 15.7 Å². The highest BCUT2D eigenvalue weighted by Crippen LogP contribution is 2.25. The average molecular weight is 395 g/mol. The van der Waals surface area contributed by atoms with Crippen molar-refractivity contribution >= 4 is 28.1 Å². The number of H-pyrrole nitrogens is 1. The lowest BCUT2D eigenvalue weighted by Gasteiger charge is -2.06. The number of ether oxygens (including phenoxy) is 1. The molecule has 0 aliphatic carbocycles. The third-order valence-corrected chi connectivity index (χ3v) is 3.84. The summed E-state index contributed by atoms with van der Waals surface area (Å²) >= 11 is 3.44. The van der Waals surface area contributed by atoms with Gasteiger partial charge >= 0.3 is 0 Å². The molecule has 0 unspecified atom stereocenters. The van der Waals surface area contributed by atoms with Gasteiger partial charge in [0.2, 0.25) is 5.95 Å². The number of rotatable bonds is 7. The number of hydrazone groups is 1. The zero-order valence-electron chi connectivity index (χ0n) is 13.5. The number of anilines is 1. The normalized spacial score (nSPS) is 11.0. The van der Waals surface area contributed by atoms with Crippen molar-refractivity contribution in [1.29, 1.82) is 0 Å². The molecule has 0 amide bonds. The molecular formula is C16H19BrN4O3. The Morgan fingerprint density at radius 1 is 1.50 bits per heavy atom. The Labute approximate surface area is 147 Å². The molecule has 2 aromatic rings. The Balaban J connectivity index is 2.09. The molecule has 8 heteroatoms. The van der Waals surface area contributed by atoms with Gasteiger partial charge in [-0.05, 0) is 53.5 Å². The van der Waals surface area contributed by atoms with E-state index in [1.165, 1.54) is 0 Å². The molecule has 0 aliphatic heterocycles. The summed E-state index contributed by atoms with van der Waals surface area (Å²) < 4.78 is 6.29. The number of nitrogens with one attached hydrogen (secondary N) is 2. The van der Waals surface area contributed by atoms with Crippen molar-refractivity contribution in [3.05, 3.63) is 49.8 Å². The number of aromatic amines is 1. The van der Waals surface area contributed by atoms with Gasteiger partial charge in [-0.25, -0.2) is 10.4 Å². The van der Waals surface area contributed by atoms with E-state index in [0.717, 1.165) is 15.8 Å². The molecule has 24 heavy (non-hydrogen) atoms. The Morgan fingerprint density at radius 3 is 2.92 bits per heavy atom. The molecule has 1 aromatic heterocycles. The minimum atomic E-state index is -0.280. The maximum atomic E-state index is 11.9. The van der Waals surface area contributed by atoms with Crippen molar-refractivity contribution in [3.8, 4) is 5.75 Å². The van der Waals surface area contributed by atoms with Gasteiger partial charge in [-0.3, -0.25) is 9.78 Å². The number of hydrogen-bond acceptors (Lipinski definition) is 6. The van der Waals surface area contributed by atoms with E-state index in [-0.39, 0.29) is 24.5 Å². The van der Waals surface area contributed by atoms with E-state index in [1.807, 2.05) is 25.1 Å². The summed E-state index contributed by atoms with van der Waals surface area (Å²) in [5.74, 6) is 1.02. The monoisotopic (exact) mass is 394 g/mol. The number of aliphatic hydroxyl groups is 1. The summed E-state index contributed by atoms with van der Waals surface area (Å²) in [6.45, 7) is 4.15. The molecule has 0 fully saturated rings.